The fourth-order valence-electron chi connectivity index (χ4n) is 1.66. The van der Waals surface area contributed by atoms with E-state index in [0.29, 0.717) is 18.7 Å². The van der Waals surface area contributed by atoms with Gasteiger partial charge >= 0.3 is 0 Å². The summed E-state index contributed by atoms with van der Waals surface area (Å²) in [5.74, 6) is -0.128. The maximum atomic E-state index is 11.8. The van der Waals surface area contributed by atoms with Gasteiger partial charge in [-0.25, -0.2) is 0 Å². The Morgan fingerprint density at radius 2 is 1.85 bits per heavy atom. The Hall–Kier alpha value is -1.88. The van der Waals surface area contributed by atoms with Gasteiger partial charge in [0.05, 0.1) is 6.54 Å². The normalized spacial score (nSPS) is 10.2. The van der Waals surface area contributed by atoms with E-state index in [4.69, 9.17) is 0 Å². The second kappa shape index (κ2) is 8.32. The van der Waals surface area contributed by atoms with Crippen LogP contribution in [0.15, 0.2) is 18.2 Å². The van der Waals surface area contributed by atoms with E-state index in [9.17, 15) is 9.59 Å². The van der Waals surface area contributed by atoms with Crippen molar-refractivity contribution in [2.45, 2.75) is 33.6 Å². The minimum atomic E-state index is -0.0829. The van der Waals surface area contributed by atoms with Gasteiger partial charge in [-0.05, 0) is 37.6 Å². The third-order valence-corrected chi connectivity index (χ3v) is 2.83. The number of benzene rings is 1. The van der Waals surface area contributed by atoms with Crippen LogP contribution in [0.25, 0.3) is 0 Å². The lowest BCUT2D eigenvalue weighted by molar-refractivity contribution is -0.116. The lowest BCUT2D eigenvalue weighted by Gasteiger charge is -2.11. The maximum Gasteiger partial charge on any atom is 0.238 e. The highest BCUT2D eigenvalue weighted by atomic mass is 16.2. The van der Waals surface area contributed by atoms with Crippen molar-refractivity contribution in [1.82, 2.24) is 5.32 Å². The minimum absolute atomic E-state index is 0.0456. The third kappa shape index (κ3) is 5.40. The quantitative estimate of drug-likeness (QED) is 0.670. The lowest BCUT2D eigenvalue weighted by atomic mass is 10.1. The summed E-state index contributed by atoms with van der Waals surface area (Å²) in [6.45, 7) is 6.87. The van der Waals surface area contributed by atoms with Crippen molar-refractivity contribution in [3.05, 3.63) is 23.8 Å². The molecule has 0 fully saturated rings. The predicted molar refractivity (Wildman–Crippen MR) is 81.9 cm³/mol. The van der Waals surface area contributed by atoms with Gasteiger partial charge in [0.2, 0.25) is 11.8 Å². The average molecular weight is 277 g/mol. The number of carbonyl (C=O) groups is 2. The molecule has 0 aliphatic carbocycles. The monoisotopic (exact) mass is 277 g/mol. The molecule has 0 saturated carbocycles. The van der Waals surface area contributed by atoms with Crippen molar-refractivity contribution in [1.29, 1.82) is 0 Å². The molecule has 5 heteroatoms. The Kier molecular flexibility index (Phi) is 6.73. The summed E-state index contributed by atoms with van der Waals surface area (Å²) in [5.41, 5.74) is 2.38. The van der Waals surface area contributed by atoms with Gasteiger partial charge in [0.15, 0.2) is 0 Å². The number of hydrogen-bond acceptors (Lipinski definition) is 3. The highest BCUT2D eigenvalue weighted by Gasteiger charge is 2.06. The van der Waals surface area contributed by atoms with Crippen molar-refractivity contribution in [2.24, 2.45) is 0 Å². The van der Waals surface area contributed by atoms with Crippen LogP contribution in [0.2, 0.25) is 0 Å². The molecule has 0 radical (unpaired) electrons. The summed E-state index contributed by atoms with van der Waals surface area (Å²) in [6, 6.07) is 5.48. The van der Waals surface area contributed by atoms with Crippen LogP contribution in [0.5, 0.6) is 0 Å². The molecule has 2 amide bonds. The van der Waals surface area contributed by atoms with Gasteiger partial charge in [-0.1, -0.05) is 19.9 Å². The highest BCUT2D eigenvalue weighted by Crippen LogP contribution is 2.20. The molecule has 3 N–H and O–H groups in total. The first-order valence-electron chi connectivity index (χ1n) is 6.97. The molecule has 1 rings (SSSR count). The van der Waals surface area contributed by atoms with Crippen LogP contribution in [0, 0.1) is 6.92 Å². The third-order valence-electron chi connectivity index (χ3n) is 2.83. The molecule has 0 heterocycles. The van der Waals surface area contributed by atoms with E-state index in [-0.39, 0.29) is 11.8 Å². The molecule has 0 saturated heterocycles. The van der Waals surface area contributed by atoms with Crippen molar-refractivity contribution >= 4 is 23.2 Å². The van der Waals surface area contributed by atoms with Gasteiger partial charge in [-0.2, -0.15) is 0 Å². The Bertz CT molecular complexity index is 472. The number of rotatable bonds is 7. The Morgan fingerprint density at radius 1 is 1.10 bits per heavy atom. The van der Waals surface area contributed by atoms with E-state index in [1.165, 1.54) is 0 Å². The molecule has 5 nitrogen and oxygen atoms in total. The number of carbonyl (C=O) groups excluding carboxylic acids is 2. The molecule has 110 valence electrons. The summed E-state index contributed by atoms with van der Waals surface area (Å²) in [7, 11) is 0. The number of anilines is 2. The zero-order chi connectivity index (χ0) is 15.0. The van der Waals surface area contributed by atoms with Crippen LogP contribution >= 0.6 is 0 Å². The minimum Gasteiger partial charge on any atom is -0.326 e. The van der Waals surface area contributed by atoms with Gasteiger partial charge in [-0.15, -0.1) is 0 Å². The summed E-state index contributed by atoms with van der Waals surface area (Å²) in [6.07, 6.45) is 1.42. The summed E-state index contributed by atoms with van der Waals surface area (Å²) in [4.78, 5) is 23.1. The Labute approximate surface area is 120 Å². The summed E-state index contributed by atoms with van der Waals surface area (Å²) >= 11 is 0. The lowest BCUT2D eigenvalue weighted by Crippen LogP contribution is -2.28. The summed E-state index contributed by atoms with van der Waals surface area (Å²) < 4.78 is 0. The Morgan fingerprint density at radius 3 is 2.50 bits per heavy atom. The molecule has 0 aromatic heterocycles. The van der Waals surface area contributed by atoms with E-state index in [0.717, 1.165) is 24.2 Å². The van der Waals surface area contributed by atoms with E-state index < -0.39 is 0 Å². The first kappa shape index (κ1) is 16.2. The average Bonchev–Trinajstić information content (AvgIpc) is 2.42. The van der Waals surface area contributed by atoms with Crippen LogP contribution < -0.4 is 16.0 Å². The van der Waals surface area contributed by atoms with Crippen LogP contribution in [-0.2, 0) is 9.59 Å². The number of nitrogens with one attached hydrogen (secondary N) is 3. The molecule has 0 aliphatic heterocycles. The van der Waals surface area contributed by atoms with Crippen LogP contribution in [-0.4, -0.2) is 24.9 Å². The zero-order valence-corrected chi connectivity index (χ0v) is 12.4. The van der Waals surface area contributed by atoms with E-state index >= 15 is 0 Å². The first-order chi connectivity index (χ1) is 9.56. The molecule has 0 unspecified atom stereocenters. The maximum absolute atomic E-state index is 11.8. The van der Waals surface area contributed by atoms with Gasteiger partial charge in [-0.3, -0.25) is 9.59 Å². The standard InChI is InChI=1S/C15H23N3O2/c1-4-8-16-10-15(20)18-13-9-12(7-6-11(13)3)17-14(19)5-2/h6-7,9,16H,4-5,8,10H2,1-3H3,(H,17,19)(H,18,20). The van der Waals surface area contributed by atoms with Gasteiger partial charge in [0.1, 0.15) is 0 Å². The van der Waals surface area contributed by atoms with E-state index in [1.807, 2.05) is 19.1 Å². The zero-order valence-electron chi connectivity index (χ0n) is 12.4. The van der Waals surface area contributed by atoms with E-state index in [2.05, 4.69) is 22.9 Å². The molecule has 1 aromatic carbocycles. The van der Waals surface area contributed by atoms with Crippen molar-refractivity contribution in [2.75, 3.05) is 23.7 Å². The second-order valence-electron chi connectivity index (χ2n) is 4.66. The highest BCUT2D eigenvalue weighted by molar-refractivity contribution is 5.95. The number of aryl methyl sites for hydroxylation is 1. The fraction of sp³-hybridized carbons (Fsp3) is 0.467. The topological polar surface area (TPSA) is 70.2 Å². The molecule has 0 spiro atoms. The van der Waals surface area contributed by atoms with Crippen LogP contribution in [0.1, 0.15) is 32.3 Å². The van der Waals surface area contributed by atoms with Crippen molar-refractivity contribution < 1.29 is 9.59 Å². The largest absolute Gasteiger partial charge is 0.326 e. The number of amides is 2. The van der Waals surface area contributed by atoms with E-state index in [1.54, 1.807) is 13.0 Å². The first-order valence-corrected chi connectivity index (χ1v) is 6.97. The Balaban J connectivity index is 2.66. The molecule has 20 heavy (non-hydrogen) atoms. The molecule has 0 atom stereocenters. The van der Waals surface area contributed by atoms with Gasteiger partial charge in [0, 0.05) is 17.8 Å². The molecular formula is C15H23N3O2. The SMILES string of the molecule is CCCNCC(=O)Nc1cc(NC(=O)CC)ccc1C. The molecule has 0 aliphatic rings. The molecular weight excluding hydrogens is 254 g/mol. The smallest absolute Gasteiger partial charge is 0.238 e. The molecule has 0 bridgehead atoms. The van der Waals surface area contributed by atoms with Crippen LogP contribution in [0.3, 0.4) is 0 Å². The number of hydrogen-bond donors (Lipinski definition) is 3. The van der Waals surface area contributed by atoms with Crippen molar-refractivity contribution in [3.8, 4) is 0 Å². The van der Waals surface area contributed by atoms with Gasteiger partial charge in [0.25, 0.3) is 0 Å². The fourth-order valence-corrected chi connectivity index (χ4v) is 1.66. The predicted octanol–water partition coefficient (Wildman–Crippen LogP) is 2.28. The van der Waals surface area contributed by atoms with Crippen molar-refractivity contribution in [3.63, 3.8) is 0 Å². The summed E-state index contributed by atoms with van der Waals surface area (Å²) in [5, 5.41) is 8.68. The second-order valence-corrected chi connectivity index (χ2v) is 4.66. The molecule has 1 aromatic rings. The van der Waals surface area contributed by atoms with Gasteiger partial charge < -0.3 is 16.0 Å². The van der Waals surface area contributed by atoms with Crippen LogP contribution in [0.4, 0.5) is 11.4 Å².